The molecule has 0 aromatic rings. The molecule has 60 valence electrons. The lowest BCUT2D eigenvalue weighted by atomic mass is 9.98. The lowest BCUT2D eigenvalue weighted by molar-refractivity contribution is -0.110. The second-order valence-corrected chi connectivity index (χ2v) is 3.04. The first-order chi connectivity index (χ1) is 4.61. The Morgan fingerprint density at radius 1 is 1.50 bits per heavy atom. The second kappa shape index (κ2) is 2.86. The number of hydrogen-bond donors (Lipinski definition) is 2. The molecule has 0 aromatic carbocycles. The van der Waals surface area contributed by atoms with Gasteiger partial charge in [0.25, 0.3) is 0 Å². The van der Waals surface area contributed by atoms with E-state index in [1.165, 1.54) is 0 Å². The number of aliphatic hydroxyl groups is 1. The maximum absolute atomic E-state index is 9.31. The summed E-state index contributed by atoms with van der Waals surface area (Å²) in [5.41, 5.74) is 5.63. The highest BCUT2D eigenvalue weighted by molar-refractivity contribution is 4.84. The summed E-state index contributed by atoms with van der Waals surface area (Å²) in [6.45, 7) is 3.82. The molecule has 10 heavy (non-hydrogen) atoms. The van der Waals surface area contributed by atoms with Crippen molar-refractivity contribution in [1.29, 1.82) is 0 Å². The monoisotopic (exact) mass is 145 g/mol. The average Bonchev–Trinajstić information content (AvgIpc) is 1.82. The van der Waals surface area contributed by atoms with E-state index < -0.39 is 6.10 Å². The third-order valence-electron chi connectivity index (χ3n) is 1.97. The molecule has 3 nitrogen and oxygen atoms in total. The standard InChI is InChI=1S/C7H15NO2/c1-4-3-6(8)7(9)5(2)10-4/h4-7,9H,3,8H2,1-2H3/t4-,5-,6-,7+/m0/s1. The lowest BCUT2D eigenvalue weighted by Crippen LogP contribution is -2.50. The highest BCUT2D eigenvalue weighted by atomic mass is 16.5. The van der Waals surface area contributed by atoms with Crippen LogP contribution in [0.4, 0.5) is 0 Å². The van der Waals surface area contributed by atoms with Crippen molar-refractivity contribution in [1.82, 2.24) is 0 Å². The molecule has 3 heteroatoms. The SMILES string of the molecule is C[C@@H]1O[C@@H](C)C[C@H](N)[C@@H]1O. The third-order valence-corrected chi connectivity index (χ3v) is 1.97. The van der Waals surface area contributed by atoms with E-state index in [2.05, 4.69) is 0 Å². The molecule has 0 aromatic heterocycles. The Morgan fingerprint density at radius 3 is 2.60 bits per heavy atom. The molecule has 1 heterocycles. The summed E-state index contributed by atoms with van der Waals surface area (Å²) < 4.78 is 5.34. The molecule has 1 aliphatic rings. The van der Waals surface area contributed by atoms with E-state index in [1.54, 1.807) is 0 Å². The third kappa shape index (κ3) is 1.48. The zero-order valence-corrected chi connectivity index (χ0v) is 6.45. The fourth-order valence-corrected chi connectivity index (χ4v) is 1.37. The minimum Gasteiger partial charge on any atom is -0.389 e. The van der Waals surface area contributed by atoms with Gasteiger partial charge in [-0.1, -0.05) is 0 Å². The lowest BCUT2D eigenvalue weighted by Gasteiger charge is -2.34. The van der Waals surface area contributed by atoms with E-state index in [0.29, 0.717) is 0 Å². The van der Waals surface area contributed by atoms with Crippen LogP contribution >= 0.6 is 0 Å². The maximum atomic E-state index is 9.31. The van der Waals surface area contributed by atoms with Crippen molar-refractivity contribution >= 4 is 0 Å². The Morgan fingerprint density at radius 2 is 2.10 bits per heavy atom. The van der Waals surface area contributed by atoms with Gasteiger partial charge in [0.15, 0.2) is 0 Å². The van der Waals surface area contributed by atoms with Crippen LogP contribution in [0.15, 0.2) is 0 Å². The highest BCUT2D eigenvalue weighted by Crippen LogP contribution is 2.17. The molecule has 1 fully saturated rings. The topological polar surface area (TPSA) is 55.5 Å². The summed E-state index contributed by atoms with van der Waals surface area (Å²) >= 11 is 0. The van der Waals surface area contributed by atoms with Gasteiger partial charge in [0.05, 0.1) is 18.3 Å². The van der Waals surface area contributed by atoms with Crippen LogP contribution in [-0.4, -0.2) is 29.5 Å². The van der Waals surface area contributed by atoms with Crippen LogP contribution in [0.2, 0.25) is 0 Å². The molecule has 1 saturated heterocycles. The molecular weight excluding hydrogens is 130 g/mol. The molecule has 0 unspecified atom stereocenters. The highest BCUT2D eigenvalue weighted by Gasteiger charge is 2.30. The van der Waals surface area contributed by atoms with Gasteiger partial charge in [-0.25, -0.2) is 0 Å². The van der Waals surface area contributed by atoms with Crippen LogP contribution in [0.3, 0.4) is 0 Å². The molecule has 1 rings (SSSR count). The van der Waals surface area contributed by atoms with Crippen LogP contribution < -0.4 is 5.73 Å². The summed E-state index contributed by atoms with van der Waals surface area (Å²) in [6, 6.07) is -0.112. The first kappa shape index (κ1) is 7.98. The summed E-state index contributed by atoms with van der Waals surface area (Å²) in [5, 5.41) is 9.31. The molecule has 0 radical (unpaired) electrons. The van der Waals surface area contributed by atoms with Gasteiger partial charge < -0.3 is 15.6 Å². The number of aliphatic hydroxyl groups excluding tert-OH is 1. The van der Waals surface area contributed by atoms with E-state index in [-0.39, 0.29) is 18.2 Å². The van der Waals surface area contributed by atoms with E-state index in [1.807, 2.05) is 13.8 Å². The molecule has 0 aliphatic carbocycles. The zero-order valence-electron chi connectivity index (χ0n) is 6.45. The molecule has 0 spiro atoms. The summed E-state index contributed by atoms with van der Waals surface area (Å²) in [7, 11) is 0. The summed E-state index contributed by atoms with van der Waals surface area (Å²) in [5.74, 6) is 0. The van der Waals surface area contributed by atoms with Gasteiger partial charge in [0.1, 0.15) is 0 Å². The maximum Gasteiger partial charge on any atom is 0.0950 e. The van der Waals surface area contributed by atoms with E-state index >= 15 is 0 Å². The molecule has 0 bridgehead atoms. The first-order valence-electron chi connectivity index (χ1n) is 3.70. The average molecular weight is 145 g/mol. The Kier molecular flexibility index (Phi) is 2.28. The van der Waals surface area contributed by atoms with E-state index in [0.717, 1.165) is 6.42 Å². The fourth-order valence-electron chi connectivity index (χ4n) is 1.37. The quantitative estimate of drug-likeness (QED) is 0.499. The van der Waals surface area contributed by atoms with Crippen LogP contribution in [0.1, 0.15) is 20.3 Å². The normalized spacial score (nSPS) is 49.2. The number of hydrogen-bond acceptors (Lipinski definition) is 3. The van der Waals surface area contributed by atoms with Crippen molar-refractivity contribution in [2.24, 2.45) is 5.73 Å². The van der Waals surface area contributed by atoms with Crippen molar-refractivity contribution in [2.75, 3.05) is 0 Å². The molecule has 1 aliphatic heterocycles. The minimum atomic E-state index is -0.490. The zero-order chi connectivity index (χ0) is 7.72. The van der Waals surface area contributed by atoms with Crippen molar-refractivity contribution in [3.63, 3.8) is 0 Å². The van der Waals surface area contributed by atoms with Gasteiger partial charge in [-0.15, -0.1) is 0 Å². The van der Waals surface area contributed by atoms with E-state index in [9.17, 15) is 5.11 Å². The number of rotatable bonds is 0. The van der Waals surface area contributed by atoms with Gasteiger partial charge in [-0.3, -0.25) is 0 Å². The van der Waals surface area contributed by atoms with Crippen LogP contribution in [0.5, 0.6) is 0 Å². The molecular formula is C7H15NO2. The molecule has 4 atom stereocenters. The summed E-state index contributed by atoms with van der Waals surface area (Å²) in [6.07, 6.45) is 0.342. The van der Waals surface area contributed by atoms with Gasteiger partial charge in [-0.2, -0.15) is 0 Å². The smallest absolute Gasteiger partial charge is 0.0950 e. The van der Waals surface area contributed by atoms with Gasteiger partial charge in [0.2, 0.25) is 0 Å². The van der Waals surface area contributed by atoms with Crippen LogP contribution in [0, 0.1) is 0 Å². The Bertz CT molecular complexity index is 106. The van der Waals surface area contributed by atoms with Crippen molar-refractivity contribution in [3.05, 3.63) is 0 Å². The Hall–Kier alpha value is -0.120. The second-order valence-electron chi connectivity index (χ2n) is 3.04. The van der Waals surface area contributed by atoms with Gasteiger partial charge in [0, 0.05) is 6.04 Å². The van der Waals surface area contributed by atoms with Crippen LogP contribution in [0.25, 0.3) is 0 Å². The van der Waals surface area contributed by atoms with Crippen LogP contribution in [-0.2, 0) is 4.74 Å². The molecule has 0 amide bonds. The van der Waals surface area contributed by atoms with Crippen molar-refractivity contribution < 1.29 is 9.84 Å². The molecule has 3 N–H and O–H groups in total. The fraction of sp³-hybridized carbons (Fsp3) is 1.00. The number of ether oxygens (including phenoxy) is 1. The largest absolute Gasteiger partial charge is 0.389 e. The Balaban J connectivity index is 2.49. The van der Waals surface area contributed by atoms with Gasteiger partial charge >= 0.3 is 0 Å². The Labute approximate surface area is 61.2 Å². The van der Waals surface area contributed by atoms with Crippen molar-refractivity contribution in [2.45, 2.75) is 44.6 Å². The summed E-state index contributed by atoms with van der Waals surface area (Å²) in [4.78, 5) is 0. The minimum absolute atomic E-state index is 0.112. The first-order valence-corrected chi connectivity index (χ1v) is 3.70. The predicted molar refractivity (Wildman–Crippen MR) is 38.6 cm³/mol. The predicted octanol–water partition coefficient (Wildman–Crippen LogP) is -0.128. The number of nitrogens with two attached hydrogens (primary N) is 1. The van der Waals surface area contributed by atoms with Crippen molar-refractivity contribution in [3.8, 4) is 0 Å². The molecule has 0 saturated carbocycles. The van der Waals surface area contributed by atoms with Gasteiger partial charge in [-0.05, 0) is 20.3 Å². The van der Waals surface area contributed by atoms with E-state index in [4.69, 9.17) is 10.5 Å².